The second kappa shape index (κ2) is 7.48. The summed E-state index contributed by atoms with van der Waals surface area (Å²) in [7, 11) is 3.29. The van der Waals surface area contributed by atoms with Crippen molar-refractivity contribution in [1.82, 2.24) is 9.97 Å². The molecule has 0 radical (unpaired) electrons. The predicted molar refractivity (Wildman–Crippen MR) is 115 cm³/mol. The number of aromatic nitrogens is 2. The number of hydrogen-bond acceptors (Lipinski definition) is 6. The van der Waals surface area contributed by atoms with Crippen LogP contribution in [0.15, 0.2) is 48.1 Å². The number of methoxy groups -OCH3 is 2. The van der Waals surface area contributed by atoms with Crippen LogP contribution in [0.3, 0.4) is 0 Å². The molecule has 0 atom stereocenters. The van der Waals surface area contributed by atoms with Crippen molar-refractivity contribution in [3.63, 3.8) is 0 Å². The molecule has 2 aromatic heterocycles. The summed E-state index contributed by atoms with van der Waals surface area (Å²) in [6.45, 7) is 4.24. The molecular formula is C22H21N3O2S. The van der Waals surface area contributed by atoms with Gasteiger partial charge in [0.2, 0.25) is 0 Å². The average Bonchev–Trinajstić information content (AvgIpc) is 3.13. The van der Waals surface area contributed by atoms with Crippen LogP contribution < -0.4 is 14.8 Å². The van der Waals surface area contributed by atoms with E-state index in [9.17, 15) is 0 Å². The van der Waals surface area contributed by atoms with Gasteiger partial charge in [-0.05, 0) is 37.1 Å². The molecule has 4 rings (SSSR count). The lowest BCUT2D eigenvalue weighted by atomic mass is 9.99. The van der Waals surface area contributed by atoms with Crippen LogP contribution in [0.1, 0.15) is 11.1 Å². The molecule has 28 heavy (non-hydrogen) atoms. The van der Waals surface area contributed by atoms with Crippen LogP contribution >= 0.6 is 11.3 Å². The highest BCUT2D eigenvalue weighted by Gasteiger charge is 2.16. The Hall–Kier alpha value is -3.12. The Kier molecular flexibility index (Phi) is 4.88. The average molecular weight is 391 g/mol. The van der Waals surface area contributed by atoms with Crippen molar-refractivity contribution in [2.24, 2.45) is 0 Å². The lowest BCUT2D eigenvalue weighted by Gasteiger charge is -2.14. The summed E-state index contributed by atoms with van der Waals surface area (Å²) in [6, 6.07) is 12.1. The third-order valence-electron chi connectivity index (χ3n) is 4.70. The van der Waals surface area contributed by atoms with Gasteiger partial charge in [0.05, 0.1) is 25.3 Å². The first-order valence-corrected chi connectivity index (χ1v) is 9.77. The zero-order chi connectivity index (χ0) is 19.7. The number of hydrogen-bond donors (Lipinski definition) is 1. The Bertz CT molecular complexity index is 1150. The van der Waals surface area contributed by atoms with E-state index in [1.807, 2.05) is 18.2 Å². The van der Waals surface area contributed by atoms with Crippen molar-refractivity contribution in [3.8, 4) is 22.6 Å². The van der Waals surface area contributed by atoms with E-state index in [1.165, 1.54) is 16.7 Å². The third kappa shape index (κ3) is 3.27. The molecule has 4 aromatic rings. The van der Waals surface area contributed by atoms with Gasteiger partial charge in [-0.25, -0.2) is 9.97 Å². The number of nitrogens with zero attached hydrogens (tertiary/aromatic N) is 2. The molecular weight excluding hydrogens is 370 g/mol. The highest BCUT2D eigenvalue weighted by atomic mass is 32.1. The number of rotatable bonds is 5. The van der Waals surface area contributed by atoms with Crippen LogP contribution in [-0.4, -0.2) is 24.2 Å². The van der Waals surface area contributed by atoms with E-state index in [2.05, 4.69) is 52.7 Å². The maximum absolute atomic E-state index is 5.50. The van der Waals surface area contributed by atoms with E-state index in [0.29, 0.717) is 0 Å². The van der Waals surface area contributed by atoms with Crippen molar-refractivity contribution < 1.29 is 9.47 Å². The number of anilines is 2. The highest BCUT2D eigenvalue weighted by Crippen LogP contribution is 2.40. The van der Waals surface area contributed by atoms with Crippen molar-refractivity contribution in [2.45, 2.75) is 13.8 Å². The second-order valence-corrected chi connectivity index (χ2v) is 7.42. The molecule has 0 aliphatic rings. The van der Waals surface area contributed by atoms with Crippen LogP contribution in [0.5, 0.6) is 11.5 Å². The number of ether oxygens (including phenoxy) is 2. The first-order chi connectivity index (χ1) is 13.6. The second-order valence-electron chi connectivity index (χ2n) is 6.56. The molecule has 5 nitrogen and oxygen atoms in total. The lowest BCUT2D eigenvalue weighted by molar-refractivity contribution is 0.405. The van der Waals surface area contributed by atoms with Crippen molar-refractivity contribution in [1.29, 1.82) is 0 Å². The van der Waals surface area contributed by atoms with E-state index in [1.54, 1.807) is 31.9 Å². The van der Waals surface area contributed by atoms with Crippen LogP contribution in [0.4, 0.5) is 11.5 Å². The molecule has 0 spiro atoms. The lowest BCUT2D eigenvalue weighted by Crippen LogP contribution is -1.99. The zero-order valence-electron chi connectivity index (χ0n) is 16.2. The van der Waals surface area contributed by atoms with Gasteiger partial charge < -0.3 is 14.8 Å². The number of fused-ring (bicyclic) bond motifs is 1. The molecule has 0 aliphatic heterocycles. The van der Waals surface area contributed by atoms with Crippen LogP contribution in [-0.2, 0) is 0 Å². The van der Waals surface area contributed by atoms with Gasteiger partial charge in [-0.2, -0.15) is 0 Å². The van der Waals surface area contributed by atoms with E-state index >= 15 is 0 Å². The Morgan fingerprint density at radius 3 is 2.54 bits per heavy atom. The smallest absolute Gasteiger partial charge is 0.143 e. The van der Waals surface area contributed by atoms with Crippen LogP contribution in [0, 0.1) is 13.8 Å². The molecule has 142 valence electrons. The first kappa shape index (κ1) is 18.3. The van der Waals surface area contributed by atoms with Crippen LogP contribution in [0.2, 0.25) is 0 Å². The maximum atomic E-state index is 5.50. The number of thiophene rings is 1. The molecule has 0 saturated heterocycles. The van der Waals surface area contributed by atoms with E-state index < -0.39 is 0 Å². The summed E-state index contributed by atoms with van der Waals surface area (Å²) in [5.41, 5.74) is 5.58. The molecule has 0 amide bonds. The summed E-state index contributed by atoms with van der Waals surface area (Å²) >= 11 is 1.62. The summed E-state index contributed by atoms with van der Waals surface area (Å²) in [5.74, 6) is 2.21. The monoisotopic (exact) mass is 391 g/mol. The van der Waals surface area contributed by atoms with Gasteiger partial charge in [0, 0.05) is 17.0 Å². The van der Waals surface area contributed by atoms with Gasteiger partial charge >= 0.3 is 0 Å². The van der Waals surface area contributed by atoms with Crippen LogP contribution in [0.25, 0.3) is 21.3 Å². The molecule has 0 bridgehead atoms. The Morgan fingerprint density at radius 2 is 1.79 bits per heavy atom. The molecule has 1 N–H and O–H groups in total. The SMILES string of the molecule is COc1ccc(OC)c(Nc2ncnc3scc(-c4ccc(C)cc4C)c23)c1. The third-order valence-corrected chi connectivity index (χ3v) is 5.59. The number of aryl methyl sites for hydroxylation is 2. The van der Waals surface area contributed by atoms with Crippen molar-refractivity contribution in [3.05, 3.63) is 59.2 Å². The molecule has 0 saturated carbocycles. The van der Waals surface area contributed by atoms with Crippen molar-refractivity contribution in [2.75, 3.05) is 19.5 Å². The molecule has 6 heteroatoms. The molecule has 0 aliphatic carbocycles. The molecule has 2 heterocycles. The van der Waals surface area contributed by atoms with Gasteiger partial charge in [-0.3, -0.25) is 0 Å². The fraction of sp³-hybridized carbons (Fsp3) is 0.182. The maximum Gasteiger partial charge on any atom is 0.143 e. The number of nitrogens with one attached hydrogen (secondary N) is 1. The number of benzene rings is 2. The summed E-state index contributed by atoms with van der Waals surface area (Å²) in [6.07, 6.45) is 1.58. The summed E-state index contributed by atoms with van der Waals surface area (Å²) < 4.78 is 10.9. The van der Waals surface area contributed by atoms with Gasteiger partial charge in [0.1, 0.15) is 28.5 Å². The predicted octanol–water partition coefficient (Wildman–Crippen LogP) is 5.74. The molecule has 2 aromatic carbocycles. The molecule has 0 unspecified atom stereocenters. The quantitative estimate of drug-likeness (QED) is 0.470. The van der Waals surface area contributed by atoms with Gasteiger partial charge in [-0.15, -0.1) is 11.3 Å². The van der Waals surface area contributed by atoms with Crippen molar-refractivity contribution >= 4 is 33.1 Å². The van der Waals surface area contributed by atoms with E-state index in [4.69, 9.17) is 9.47 Å². The Balaban J connectivity index is 1.86. The minimum atomic E-state index is 0.718. The topological polar surface area (TPSA) is 56.3 Å². The van der Waals surface area contributed by atoms with Gasteiger partial charge in [0.25, 0.3) is 0 Å². The highest BCUT2D eigenvalue weighted by molar-refractivity contribution is 7.17. The Morgan fingerprint density at radius 1 is 0.929 bits per heavy atom. The minimum Gasteiger partial charge on any atom is -0.497 e. The van der Waals surface area contributed by atoms with E-state index in [0.717, 1.165) is 38.8 Å². The largest absolute Gasteiger partial charge is 0.497 e. The van der Waals surface area contributed by atoms with Gasteiger partial charge in [-0.1, -0.05) is 23.8 Å². The fourth-order valence-electron chi connectivity index (χ4n) is 3.32. The summed E-state index contributed by atoms with van der Waals surface area (Å²) in [4.78, 5) is 9.93. The standard InChI is InChI=1S/C22H21N3O2S/c1-13-5-7-16(14(2)9-13)17-11-28-22-20(17)21(23-12-24-22)25-18-10-15(26-3)6-8-19(18)27-4/h5-12H,1-4H3,(H,23,24,25). The zero-order valence-corrected chi connectivity index (χ0v) is 17.1. The normalized spacial score (nSPS) is 10.9. The molecule has 0 fully saturated rings. The fourth-order valence-corrected chi connectivity index (χ4v) is 4.23. The minimum absolute atomic E-state index is 0.718. The van der Waals surface area contributed by atoms with E-state index in [-0.39, 0.29) is 0 Å². The summed E-state index contributed by atoms with van der Waals surface area (Å²) in [5, 5.41) is 6.57. The van der Waals surface area contributed by atoms with Gasteiger partial charge in [0.15, 0.2) is 0 Å². The Labute approximate surface area is 168 Å². The first-order valence-electron chi connectivity index (χ1n) is 8.89.